The van der Waals surface area contributed by atoms with Crippen LogP contribution in [0.2, 0.25) is 0 Å². The van der Waals surface area contributed by atoms with Gasteiger partial charge in [-0.25, -0.2) is 4.68 Å². The standard InChI is InChI=1S/C19H25N5O2/c1-13-5-6-18(25)24(21-13)12-19(26)23-8-7-15(11-23)17-10-16(22(3)4)9-14(2)20-17/h5-6,9-10,15H,7-8,11-12H2,1-4H3/t15-/m0/s1. The minimum absolute atomic E-state index is 0.0164. The van der Waals surface area contributed by atoms with Gasteiger partial charge in [0.1, 0.15) is 6.54 Å². The van der Waals surface area contributed by atoms with Gasteiger partial charge < -0.3 is 9.80 Å². The van der Waals surface area contributed by atoms with E-state index in [1.807, 2.05) is 21.0 Å². The Balaban J connectivity index is 1.71. The molecule has 0 bridgehead atoms. The average Bonchev–Trinajstić information content (AvgIpc) is 3.08. The number of nitrogens with zero attached hydrogens (tertiary/aromatic N) is 5. The predicted octanol–water partition coefficient (Wildman–Crippen LogP) is 1.34. The molecule has 0 aromatic carbocycles. The highest BCUT2D eigenvalue weighted by molar-refractivity contribution is 5.76. The number of likely N-dealkylation sites (tertiary alicyclic amines) is 1. The van der Waals surface area contributed by atoms with Crippen molar-refractivity contribution in [2.75, 3.05) is 32.1 Å². The van der Waals surface area contributed by atoms with Gasteiger partial charge in [-0.3, -0.25) is 14.6 Å². The number of pyridine rings is 1. The molecule has 0 aliphatic carbocycles. The van der Waals surface area contributed by atoms with E-state index in [1.54, 1.807) is 17.9 Å². The molecular weight excluding hydrogens is 330 g/mol. The molecule has 3 rings (SSSR count). The van der Waals surface area contributed by atoms with Crippen LogP contribution in [-0.2, 0) is 11.3 Å². The van der Waals surface area contributed by atoms with Crippen molar-refractivity contribution < 1.29 is 4.79 Å². The van der Waals surface area contributed by atoms with Crippen LogP contribution in [-0.4, -0.2) is 52.8 Å². The molecular formula is C19H25N5O2. The number of hydrogen-bond donors (Lipinski definition) is 0. The molecule has 3 heterocycles. The van der Waals surface area contributed by atoms with E-state index in [4.69, 9.17) is 0 Å². The molecule has 1 fully saturated rings. The quantitative estimate of drug-likeness (QED) is 0.828. The molecule has 1 saturated heterocycles. The maximum atomic E-state index is 12.6. The second-order valence-electron chi connectivity index (χ2n) is 7.08. The molecule has 138 valence electrons. The third-order valence-electron chi connectivity index (χ3n) is 4.72. The molecule has 7 heteroatoms. The smallest absolute Gasteiger partial charge is 0.267 e. The Morgan fingerprint density at radius 2 is 2.00 bits per heavy atom. The van der Waals surface area contributed by atoms with Crippen molar-refractivity contribution in [1.82, 2.24) is 19.7 Å². The van der Waals surface area contributed by atoms with Crippen LogP contribution in [0.4, 0.5) is 5.69 Å². The first kappa shape index (κ1) is 18.1. The monoisotopic (exact) mass is 355 g/mol. The van der Waals surface area contributed by atoms with Crippen LogP contribution in [0.15, 0.2) is 29.1 Å². The van der Waals surface area contributed by atoms with Crippen molar-refractivity contribution >= 4 is 11.6 Å². The number of aromatic nitrogens is 3. The molecule has 1 aliphatic heterocycles. The van der Waals surface area contributed by atoms with Crippen molar-refractivity contribution in [1.29, 1.82) is 0 Å². The minimum atomic E-state index is -0.254. The van der Waals surface area contributed by atoms with Crippen molar-refractivity contribution in [3.63, 3.8) is 0 Å². The van der Waals surface area contributed by atoms with Gasteiger partial charge in [0.2, 0.25) is 5.91 Å². The van der Waals surface area contributed by atoms with Gasteiger partial charge in [0.25, 0.3) is 5.56 Å². The minimum Gasteiger partial charge on any atom is -0.378 e. The van der Waals surface area contributed by atoms with E-state index < -0.39 is 0 Å². The van der Waals surface area contributed by atoms with Crippen molar-refractivity contribution in [2.45, 2.75) is 32.7 Å². The van der Waals surface area contributed by atoms with Crippen LogP contribution in [0.25, 0.3) is 0 Å². The first-order valence-electron chi connectivity index (χ1n) is 8.82. The van der Waals surface area contributed by atoms with Crippen molar-refractivity contribution in [3.8, 4) is 0 Å². The molecule has 26 heavy (non-hydrogen) atoms. The largest absolute Gasteiger partial charge is 0.378 e. The van der Waals surface area contributed by atoms with E-state index in [0.29, 0.717) is 13.1 Å². The lowest BCUT2D eigenvalue weighted by molar-refractivity contribution is -0.131. The molecule has 2 aromatic rings. The molecule has 0 spiro atoms. The summed E-state index contributed by atoms with van der Waals surface area (Å²) in [6.07, 6.45) is 0.880. The number of amides is 1. The molecule has 0 unspecified atom stereocenters. The van der Waals surface area contributed by atoms with Crippen LogP contribution >= 0.6 is 0 Å². The second-order valence-corrected chi connectivity index (χ2v) is 7.08. The second kappa shape index (κ2) is 7.27. The van der Waals surface area contributed by atoms with Crippen LogP contribution in [0.3, 0.4) is 0 Å². The summed E-state index contributed by atoms with van der Waals surface area (Å²) < 4.78 is 1.24. The lowest BCUT2D eigenvalue weighted by Crippen LogP contribution is -2.36. The Morgan fingerprint density at radius 1 is 1.23 bits per heavy atom. The van der Waals surface area contributed by atoms with Gasteiger partial charge in [-0.05, 0) is 38.5 Å². The third-order valence-corrected chi connectivity index (χ3v) is 4.72. The fraction of sp³-hybridized carbons (Fsp3) is 0.474. The molecule has 2 aromatic heterocycles. The summed E-state index contributed by atoms with van der Waals surface area (Å²) in [6.45, 7) is 5.08. The fourth-order valence-electron chi connectivity index (χ4n) is 3.26. The SMILES string of the molecule is Cc1cc(N(C)C)cc([C@H]2CCN(C(=O)Cn3nc(C)ccc3=O)C2)n1. The Kier molecular flexibility index (Phi) is 5.06. The summed E-state index contributed by atoms with van der Waals surface area (Å²) in [5.41, 5.74) is 3.58. The highest BCUT2D eigenvalue weighted by Gasteiger charge is 2.29. The molecule has 0 radical (unpaired) electrons. The van der Waals surface area contributed by atoms with Gasteiger partial charge in [0, 0.05) is 56.2 Å². The van der Waals surface area contributed by atoms with Crippen LogP contribution < -0.4 is 10.5 Å². The van der Waals surface area contributed by atoms with Crippen LogP contribution in [0.5, 0.6) is 0 Å². The van der Waals surface area contributed by atoms with E-state index in [9.17, 15) is 9.59 Å². The molecule has 1 atom stereocenters. The number of hydrogen-bond acceptors (Lipinski definition) is 5. The lowest BCUT2D eigenvalue weighted by Gasteiger charge is -2.19. The van der Waals surface area contributed by atoms with Gasteiger partial charge in [0.05, 0.1) is 5.69 Å². The Morgan fingerprint density at radius 3 is 2.73 bits per heavy atom. The first-order chi connectivity index (χ1) is 12.3. The van der Waals surface area contributed by atoms with Crippen LogP contribution in [0.1, 0.15) is 29.4 Å². The van der Waals surface area contributed by atoms with Gasteiger partial charge >= 0.3 is 0 Å². The van der Waals surface area contributed by atoms with E-state index in [-0.39, 0.29) is 23.9 Å². The maximum Gasteiger partial charge on any atom is 0.267 e. The zero-order valence-corrected chi connectivity index (χ0v) is 15.8. The summed E-state index contributed by atoms with van der Waals surface area (Å²) in [7, 11) is 4.02. The Bertz CT molecular complexity index is 874. The van der Waals surface area contributed by atoms with Crippen molar-refractivity contribution in [3.05, 3.63) is 51.7 Å². The van der Waals surface area contributed by atoms with Gasteiger partial charge in [0.15, 0.2) is 0 Å². The summed E-state index contributed by atoms with van der Waals surface area (Å²) >= 11 is 0. The number of aryl methyl sites for hydroxylation is 2. The summed E-state index contributed by atoms with van der Waals surface area (Å²) in [5.74, 6) is 0.146. The molecule has 0 N–H and O–H groups in total. The number of carbonyl (C=O) groups is 1. The molecule has 1 aliphatic rings. The number of carbonyl (C=O) groups excluding carboxylic acids is 1. The van der Waals surface area contributed by atoms with Crippen molar-refractivity contribution in [2.24, 2.45) is 0 Å². The molecule has 1 amide bonds. The fourth-order valence-corrected chi connectivity index (χ4v) is 3.26. The highest BCUT2D eigenvalue weighted by atomic mass is 16.2. The van der Waals surface area contributed by atoms with E-state index in [1.165, 1.54) is 10.7 Å². The van der Waals surface area contributed by atoms with E-state index in [2.05, 4.69) is 27.1 Å². The molecule has 0 saturated carbocycles. The third kappa shape index (κ3) is 3.92. The number of anilines is 1. The molecule has 7 nitrogen and oxygen atoms in total. The zero-order valence-electron chi connectivity index (χ0n) is 15.8. The zero-order chi connectivity index (χ0) is 18.8. The van der Waals surface area contributed by atoms with Gasteiger partial charge in [-0.1, -0.05) is 0 Å². The highest BCUT2D eigenvalue weighted by Crippen LogP contribution is 2.28. The van der Waals surface area contributed by atoms with E-state index >= 15 is 0 Å². The lowest BCUT2D eigenvalue weighted by atomic mass is 10.0. The topological polar surface area (TPSA) is 71.3 Å². The van der Waals surface area contributed by atoms with Gasteiger partial charge in [-0.2, -0.15) is 5.10 Å². The summed E-state index contributed by atoms with van der Waals surface area (Å²) in [4.78, 5) is 33.0. The normalized spacial score (nSPS) is 16.8. The summed E-state index contributed by atoms with van der Waals surface area (Å²) in [6, 6.07) is 7.25. The van der Waals surface area contributed by atoms with Gasteiger partial charge in [-0.15, -0.1) is 0 Å². The first-order valence-corrected chi connectivity index (χ1v) is 8.82. The van der Waals surface area contributed by atoms with E-state index in [0.717, 1.165) is 29.2 Å². The summed E-state index contributed by atoms with van der Waals surface area (Å²) in [5, 5.41) is 4.14. The predicted molar refractivity (Wildman–Crippen MR) is 100 cm³/mol. The Hall–Kier alpha value is -2.70. The Labute approximate surface area is 153 Å². The maximum absolute atomic E-state index is 12.6. The average molecular weight is 355 g/mol. The van der Waals surface area contributed by atoms with Crippen LogP contribution in [0, 0.1) is 13.8 Å². The number of rotatable bonds is 4.